The number of benzene rings is 1. The maximum absolute atomic E-state index is 14.4. The smallest absolute Gasteiger partial charge is 0.183 e. The van der Waals surface area contributed by atoms with Crippen LogP contribution in [0.2, 0.25) is 0 Å². The number of nitrogens with zero attached hydrogens (tertiary/aromatic N) is 6. The summed E-state index contributed by atoms with van der Waals surface area (Å²) in [5, 5.41) is 17.8. The van der Waals surface area contributed by atoms with Crippen molar-refractivity contribution in [3.8, 4) is 5.69 Å². The third-order valence-electron chi connectivity index (χ3n) is 5.48. The Kier molecular flexibility index (Phi) is 4.66. The molecule has 0 bridgehead atoms. The van der Waals surface area contributed by atoms with Gasteiger partial charge in [0.25, 0.3) is 0 Å². The minimum atomic E-state index is -0.447. The highest BCUT2D eigenvalue weighted by molar-refractivity contribution is 5.61. The van der Waals surface area contributed by atoms with E-state index in [1.807, 2.05) is 17.2 Å². The molecule has 1 aromatic carbocycles. The van der Waals surface area contributed by atoms with E-state index in [-0.39, 0.29) is 12.6 Å². The number of aliphatic hydroxyl groups excluding tert-OH is 1. The lowest BCUT2D eigenvalue weighted by Gasteiger charge is -2.26. The molecule has 4 aromatic rings. The predicted molar refractivity (Wildman–Crippen MR) is 107 cm³/mol. The van der Waals surface area contributed by atoms with Gasteiger partial charge >= 0.3 is 0 Å². The van der Waals surface area contributed by atoms with Gasteiger partial charge in [-0.05, 0) is 49.1 Å². The Morgan fingerprint density at radius 1 is 1.13 bits per heavy atom. The van der Waals surface area contributed by atoms with Gasteiger partial charge in [0.15, 0.2) is 5.65 Å². The quantitative estimate of drug-likeness (QED) is 0.548. The largest absolute Gasteiger partial charge is 0.396 e. The summed E-state index contributed by atoms with van der Waals surface area (Å²) in [6.45, 7) is 0.755. The molecule has 3 aromatic heterocycles. The first-order valence-corrected chi connectivity index (χ1v) is 9.85. The Balaban J connectivity index is 1.53. The standard InChI is InChI=1S/C21H20F2N6O/c22-15-3-4-17(23)16(10-15)18-2-1-7-27(18)20-5-8-28-21(26-20)19(12-25-28)29-13-14(6-9-30)11-24-29/h3-5,8,10-13,18,30H,1-2,6-7,9H2/t18-/m1/s1. The molecule has 0 saturated carbocycles. The Labute approximate surface area is 171 Å². The van der Waals surface area contributed by atoms with E-state index in [2.05, 4.69) is 10.2 Å². The Hall–Kier alpha value is -3.33. The topological polar surface area (TPSA) is 71.5 Å². The molecule has 0 spiro atoms. The Morgan fingerprint density at radius 2 is 2.03 bits per heavy atom. The zero-order chi connectivity index (χ0) is 20.7. The third kappa shape index (κ3) is 3.21. The number of anilines is 1. The summed E-state index contributed by atoms with van der Waals surface area (Å²) in [6.07, 6.45) is 9.13. The van der Waals surface area contributed by atoms with Gasteiger partial charge in [-0.25, -0.2) is 23.0 Å². The molecule has 4 heterocycles. The minimum absolute atomic E-state index is 0.0514. The first-order valence-electron chi connectivity index (χ1n) is 9.85. The van der Waals surface area contributed by atoms with Crippen LogP contribution >= 0.6 is 0 Å². The van der Waals surface area contributed by atoms with Crippen LogP contribution in [0.4, 0.5) is 14.6 Å². The number of hydrogen-bond donors (Lipinski definition) is 1. The molecule has 9 heteroatoms. The molecule has 0 amide bonds. The van der Waals surface area contributed by atoms with Crippen molar-refractivity contribution in [2.75, 3.05) is 18.1 Å². The number of aromatic nitrogens is 5. The van der Waals surface area contributed by atoms with Gasteiger partial charge in [-0.15, -0.1) is 0 Å². The molecule has 7 nitrogen and oxygen atoms in total. The molecule has 30 heavy (non-hydrogen) atoms. The second-order valence-corrected chi connectivity index (χ2v) is 7.37. The van der Waals surface area contributed by atoms with Crippen LogP contribution in [0.15, 0.2) is 49.1 Å². The zero-order valence-corrected chi connectivity index (χ0v) is 16.1. The summed E-state index contributed by atoms with van der Waals surface area (Å²) in [4.78, 5) is 6.79. The molecule has 1 atom stereocenters. The van der Waals surface area contributed by atoms with Crippen LogP contribution in [0.5, 0.6) is 0 Å². The van der Waals surface area contributed by atoms with Gasteiger partial charge in [-0.2, -0.15) is 10.2 Å². The van der Waals surface area contributed by atoms with E-state index >= 15 is 0 Å². The summed E-state index contributed by atoms with van der Waals surface area (Å²) >= 11 is 0. The van der Waals surface area contributed by atoms with E-state index in [1.165, 1.54) is 12.1 Å². The molecule has 0 unspecified atom stereocenters. The molecule has 1 saturated heterocycles. The normalized spacial score (nSPS) is 16.6. The molecule has 1 N–H and O–H groups in total. The molecular formula is C21H20F2N6O. The van der Waals surface area contributed by atoms with Gasteiger partial charge in [-0.3, -0.25) is 0 Å². The van der Waals surface area contributed by atoms with Gasteiger partial charge in [0.2, 0.25) is 0 Å². The first-order chi connectivity index (χ1) is 14.6. The van der Waals surface area contributed by atoms with Crippen LogP contribution in [-0.2, 0) is 6.42 Å². The number of rotatable bonds is 5. The van der Waals surface area contributed by atoms with Crippen molar-refractivity contribution in [3.63, 3.8) is 0 Å². The van der Waals surface area contributed by atoms with Crippen molar-refractivity contribution in [3.05, 3.63) is 71.8 Å². The van der Waals surface area contributed by atoms with Crippen molar-refractivity contribution in [2.45, 2.75) is 25.3 Å². The highest BCUT2D eigenvalue weighted by Gasteiger charge is 2.30. The van der Waals surface area contributed by atoms with Crippen LogP contribution < -0.4 is 4.90 Å². The lowest BCUT2D eigenvalue weighted by molar-refractivity contribution is 0.299. The molecule has 1 aliphatic rings. The van der Waals surface area contributed by atoms with Gasteiger partial charge in [0.1, 0.15) is 23.1 Å². The number of hydrogen-bond acceptors (Lipinski definition) is 5. The van der Waals surface area contributed by atoms with Crippen molar-refractivity contribution in [1.29, 1.82) is 0 Å². The Morgan fingerprint density at radius 3 is 2.90 bits per heavy atom. The van der Waals surface area contributed by atoms with E-state index in [4.69, 9.17) is 10.1 Å². The van der Waals surface area contributed by atoms with Crippen molar-refractivity contribution >= 4 is 11.5 Å². The molecule has 5 rings (SSSR count). The van der Waals surface area contributed by atoms with E-state index in [9.17, 15) is 8.78 Å². The fourth-order valence-electron chi connectivity index (χ4n) is 4.05. The van der Waals surface area contributed by atoms with E-state index < -0.39 is 11.6 Å². The van der Waals surface area contributed by atoms with Crippen LogP contribution in [0, 0.1) is 11.6 Å². The van der Waals surface area contributed by atoms with E-state index in [0.717, 1.165) is 24.5 Å². The monoisotopic (exact) mass is 410 g/mol. The lowest BCUT2D eigenvalue weighted by Crippen LogP contribution is -2.24. The lowest BCUT2D eigenvalue weighted by atomic mass is 10.0. The summed E-state index contributed by atoms with van der Waals surface area (Å²) in [7, 11) is 0. The van der Waals surface area contributed by atoms with E-state index in [1.54, 1.807) is 27.8 Å². The highest BCUT2D eigenvalue weighted by atomic mass is 19.1. The summed E-state index contributed by atoms with van der Waals surface area (Å²) in [5.41, 5.74) is 2.57. The minimum Gasteiger partial charge on any atom is -0.396 e. The van der Waals surface area contributed by atoms with Gasteiger partial charge < -0.3 is 10.0 Å². The van der Waals surface area contributed by atoms with Crippen molar-refractivity contribution in [1.82, 2.24) is 24.4 Å². The van der Waals surface area contributed by atoms with Crippen molar-refractivity contribution < 1.29 is 13.9 Å². The summed E-state index contributed by atoms with van der Waals surface area (Å²) in [5.74, 6) is -0.178. The SMILES string of the molecule is OCCc1cnn(-c2cnn3ccc(N4CCC[C@@H]4c4cc(F)ccc4F)nc23)c1. The molecule has 1 aliphatic heterocycles. The fourth-order valence-corrected chi connectivity index (χ4v) is 4.05. The summed E-state index contributed by atoms with van der Waals surface area (Å²) in [6, 6.07) is 5.14. The first kappa shape index (κ1) is 18.7. The van der Waals surface area contributed by atoms with Gasteiger partial charge in [0.05, 0.1) is 18.4 Å². The average Bonchev–Trinajstić information content (AvgIpc) is 3.48. The van der Waals surface area contributed by atoms with Crippen LogP contribution in [-0.4, -0.2) is 42.6 Å². The predicted octanol–water partition coefficient (Wildman–Crippen LogP) is 3.07. The number of fused-ring (bicyclic) bond motifs is 1. The van der Waals surface area contributed by atoms with Crippen molar-refractivity contribution in [2.24, 2.45) is 0 Å². The van der Waals surface area contributed by atoms with Gasteiger partial charge in [0, 0.05) is 31.1 Å². The maximum atomic E-state index is 14.4. The zero-order valence-electron chi connectivity index (χ0n) is 16.1. The number of halogens is 2. The fraction of sp³-hybridized carbons (Fsp3) is 0.286. The van der Waals surface area contributed by atoms with E-state index in [0.29, 0.717) is 35.7 Å². The average molecular weight is 410 g/mol. The summed E-state index contributed by atoms with van der Waals surface area (Å²) < 4.78 is 31.5. The molecule has 154 valence electrons. The maximum Gasteiger partial charge on any atom is 0.183 e. The molecular weight excluding hydrogens is 390 g/mol. The molecule has 0 radical (unpaired) electrons. The third-order valence-corrected chi connectivity index (χ3v) is 5.48. The Bertz CT molecular complexity index is 1200. The molecule has 1 fully saturated rings. The highest BCUT2D eigenvalue weighted by Crippen LogP contribution is 2.37. The van der Waals surface area contributed by atoms with Crippen LogP contribution in [0.1, 0.15) is 30.0 Å². The van der Waals surface area contributed by atoms with Crippen LogP contribution in [0.3, 0.4) is 0 Å². The van der Waals surface area contributed by atoms with Crippen LogP contribution in [0.25, 0.3) is 11.3 Å². The van der Waals surface area contributed by atoms with Gasteiger partial charge in [-0.1, -0.05) is 0 Å². The number of aliphatic hydroxyl groups is 1. The second-order valence-electron chi connectivity index (χ2n) is 7.37. The second kappa shape index (κ2) is 7.49. The molecule has 0 aliphatic carbocycles.